The summed E-state index contributed by atoms with van der Waals surface area (Å²) in [7, 11) is 0. The average Bonchev–Trinajstić information content (AvgIpc) is 2.26. The van der Waals surface area contributed by atoms with Gasteiger partial charge in [0.2, 0.25) is 0 Å². The highest BCUT2D eigenvalue weighted by molar-refractivity contribution is 6.29. The zero-order valence-corrected chi connectivity index (χ0v) is 9.70. The van der Waals surface area contributed by atoms with E-state index in [0.717, 1.165) is 5.56 Å². The first-order valence-electron chi connectivity index (χ1n) is 4.81. The zero-order chi connectivity index (χ0) is 12.1. The average molecular weight is 241 g/mol. The van der Waals surface area contributed by atoms with Gasteiger partial charge in [0.05, 0.1) is 4.92 Å². The van der Waals surface area contributed by atoms with E-state index >= 15 is 0 Å². The molecule has 86 valence electrons. The number of nitro benzene ring substituents is 1. The highest BCUT2D eigenvalue weighted by Crippen LogP contribution is 2.17. The van der Waals surface area contributed by atoms with Gasteiger partial charge < -0.3 is 5.32 Å². The van der Waals surface area contributed by atoms with E-state index in [1.807, 2.05) is 6.92 Å². The highest BCUT2D eigenvalue weighted by Gasteiger charge is 2.08. The molecule has 0 bridgehead atoms. The van der Waals surface area contributed by atoms with Crippen LogP contribution in [0.15, 0.2) is 35.9 Å². The summed E-state index contributed by atoms with van der Waals surface area (Å²) in [6, 6.07) is 6.52. The first kappa shape index (κ1) is 12.7. The van der Waals surface area contributed by atoms with Crippen LogP contribution in [0.1, 0.15) is 18.5 Å². The Balaban J connectivity index is 2.66. The van der Waals surface area contributed by atoms with Crippen molar-refractivity contribution in [3.8, 4) is 0 Å². The van der Waals surface area contributed by atoms with E-state index < -0.39 is 4.92 Å². The lowest BCUT2D eigenvalue weighted by molar-refractivity contribution is -0.384. The van der Waals surface area contributed by atoms with Gasteiger partial charge in [-0.3, -0.25) is 10.1 Å². The minimum Gasteiger partial charge on any atom is -0.305 e. The lowest BCUT2D eigenvalue weighted by Gasteiger charge is -2.13. The molecular formula is C11H13ClN2O2. The standard InChI is InChI=1S/C11H13ClN2O2/c1-8(12)7-13-9(2)10-3-5-11(6-4-10)14(15)16/h3-6,9,13H,1,7H2,2H3. The van der Waals surface area contributed by atoms with Gasteiger partial charge in [-0.15, -0.1) is 0 Å². The van der Waals surface area contributed by atoms with Crippen LogP contribution < -0.4 is 5.32 Å². The Morgan fingerprint density at radius 1 is 1.56 bits per heavy atom. The zero-order valence-electron chi connectivity index (χ0n) is 8.94. The number of hydrogen-bond acceptors (Lipinski definition) is 3. The van der Waals surface area contributed by atoms with E-state index in [9.17, 15) is 10.1 Å². The van der Waals surface area contributed by atoms with Crippen molar-refractivity contribution in [3.63, 3.8) is 0 Å². The van der Waals surface area contributed by atoms with Crippen LogP contribution in [0.2, 0.25) is 0 Å². The lowest BCUT2D eigenvalue weighted by atomic mass is 10.1. The van der Waals surface area contributed by atoms with Gasteiger partial charge in [-0.25, -0.2) is 0 Å². The summed E-state index contributed by atoms with van der Waals surface area (Å²) >= 11 is 5.63. The highest BCUT2D eigenvalue weighted by atomic mass is 35.5. The van der Waals surface area contributed by atoms with Crippen LogP contribution in [0, 0.1) is 10.1 Å². The number of nitrogens with one attached hydrogen (secondary N) is 1. The van der Waals surface area contributed by atoms with Crippen LogP contribution >= 0.6 is 11.6 Å². The largest absolute Gasteiger partial charge is 0.305 e. The van der Waals surface area contributed by atoms with E-state index in [0.29, 0.717) is 11.6 Å². The Labute approximate surface area is 99.1 Å². The van der Waals surface area contributed by atoms with E-state index in [2.05, 4.69) is 11.9 Å². The molecule has 0 fully saturated rings. The Hall–Kier alpha value is -1.39. The van der Waals surface area contributed by atoms with Crippen molar-refractivity contribution in [2.45, 2.75) is 13.0 Å². The van der Waals surface area contributed by atoms with Gasteiger partial charge in [-0.2, -0.15) is 0 Å². The van der Waals surface area contributed by atoms with Crippen molar-refractivity contribution < 1.29 is 4.92 Å². The van der Waals surface area contributed by atoms with Gasteiger partial charge >= 0.3 is 0 Å². The maximum Gasteiger partial charge on any atom is 0.269 e. The summed E-state index contributed by atoms with van der Waals surface area (Å²) < 4.78 is 0. The summed E-state index contributed by atoms with van der Waals surface area (Å²) in [4.78, 5) is 10.0. The summed E-state index contributed by atoms with van der Waals surface area (Å²) in [6.45, 7) is 6.04. The topological polar surface area (TPSA) is 55.2 Å². The van der Waals surface area contributed by atoms with Gasteiger partial charge in [0, 0.05) is 29.8 Å². The Bertz CT molecular complexity index is 389. The summed E-state index contributed by atoms with van der Waals surface area (Å²) in [6.07, 6.45) is 0. The van der Waals surface area contributed by atoms with Crippen LogP contribution in [-0.2, 0) is 0 Å². The third-order valence-electron chi connectivity index (χ3n) is 2.20. The molecule has 0 saturated carbocycles. The smallest absolute Gasteiger partial charge is 0.269 e. The lowest BCUT2D eigenvalue weighted by Crippen LogP contribution is -2.19. The summed E-state index contributed by atoms with van der Waals surface area (Å²) in [5.74, 6) is 0. The number of benzene rings is 1. The molecule has 0 aromatic heterocycles. The van der Waals surface area contributed by atoms with Gasteiger partial charge in [-0.05, 0) is 12.5 Å². The first-order valence-corrected chi connectivity index (χ1v) is 5.19. The Morgan fingerprint density at radius 3 is 2.56 bits per heavy atom. The van der Waals surface area contributed by atoms with E-state index in [4.69, 9.17) is 11.6 Å². The molecule has 4 nitrogen and oxygen atoms in total. The van der Waals surface area contributed by atoms with Gasteiger partial charge in [-0.1, -0.05) is 30.3 Å². The summed E-state index contributed by atoms with van der Waals surface area (Å²) in [5.41, 5.74) is 1.07. The second-order valence-corrected chi connectivity index (χ2v) is 4.00. The molecule has 0 aliphatic carbocycles. The van der Waals surface area contributed by atoms with Crippen molar-refractivity contribution in [1.82, 2.24) is 5.32 Å². The first-order chi connectivity index (χ1) is 7.50. The predicted molar refractivity (Wildman–Crippen MR) is 64.5 cm³/mol. The van der Waals surface area contributed by atoms with Crippen LogP contribution in [0.4, 0.5) is 5.69 Å². The number of hydrogen-bond donors (Lipinski definition) is 1. The molecule has 0 saturated heterocycles. The van der Waals surface area contributed by atoms with E-state index in [-0.39, 0.29) is 11.7 Å². The molecule has 1 atom stereocenters. The second kappa shape index (κ2) is 5.63. The molecule has 1 unspecified atom stereocenters. The third kappa shape index (κ3) is 3.64. The molecule has 0 spiro atoms. The normalized spacial score (nSPS) is 12.1. The van der Waals surface area contributed by atoms with Crippen molar-refractivity contribution >= 4 is 17.3 Å². The number of halogens is 1. The van der Waals surface area contributed by atoms with Crippen molar-refractivity contribution in [1.29, 1.82) is 0 Å². The SMILES string of the molecule is C=C(Cl)CNC(C)c1ccc([N+](=O)[O-])cc1. The molecule has 0 aliphatic rings. The van der Waals surface area contributed by atoms with Gasteiger partial charge in [0.25, 0.3) is 5.69 Å². The predicted octanol–water partition coefficient (Wildman–Crippen LogP) is 3.00. The Kier molecular flexibility index (Phi) is 4.46. The minimum absolute atomic E-state index is 0.0799. The third-order valence-corrected chi connectivity index (χ3v) is 2.34. The second-order valence-electron chi connectivity index (χ2n) is 3.47. The molecule has 1 aromatic rings. The van der Waals surface area contributed by atoms with Crippen molar-refractivity contribution in [2.24, 2.45) is 0 Å². The van der Waals surface area contributed by atoms with E-state index in [1.165, 1.54) is 12.1 Å². The van der Waals surface area contributed by atoms with Crippen LogP contribution in [0.5, 0.6) is 0 Å². The molecule has 1 N–H and O–H groups in total. The van der Waals surface area contributed by atoms with Crippen molar-refractivity contribution in [3.05, 3.63) is 51.6 Å². The monoisotopic (exact) mass is 240 g/mol. The van der Waals surface area contributed by atoms with Crippen LogP contribution in [-0.4, -0.2) is 11.5 Å². The number of rotatable bonds is 5. The van der Waals surface area contributed by atoms with E-state index in [1.54, 1.807) is 12.1 Å². The minimum atomic E-state index is -0.414. The number of nitro groups is 1. The molecular weight excluding hydrogens is 228 g/mol. The molecule has 0 radical (unpaired) electrons. The van der Waals surface area contributed by atoms with Crippen LogP contribution in [0.3, 0.4) is 0 Å². The number of nitrogens with zero attached hydrogens (tertiary/aromatic N) is 1. The van der Waals surface area contributed by atoms with Gasteiger partial charge in [0.1, 0.15) is 0 Å². The summed E-state index contributed by atoms with van der Waals surface area (Å²) in [5, 5.41) is 14.1. The van der Waals surface area contributed by atoms with Crippen LogP contribution in [0.25, 0.3) is 0 Å². The fraction of sp³-hybridized carbons (Fsp3) is 0.273. The molecule has 5 heteroatoms. The molecule has 1 rings (SSSR count). The maximum absolute atomic E-state index is 10.5. The molecule has 0 aliphatic heterocycles. The molecule has 16 heavy (non-hydrogen) atoms. The van der Waals surface area contributed by atoms with Gasteiger partial charge in [0.15, 0.2) is 0 Å². The quantitative estimate of drug-likeness (QED) is 0.636. The molecule has 0 heterocycles. The maximum atomic E-state index is 10.5. The van der Waals surface area contributed by atoms with Crippen molar-refractivity contribution in [2.75, 3.05) is 6.54 Å². The molecule has 1 aromatic carbocycles. The molecule has 0 amide bonds. The fourth-order valence-electron chi connectivity index (χ4n) is 1.27. The number of non-ortho nitro benzene ring substituents is 1. The Morgan fingerprint density at radius 2 is 2.12 bits per heavy atom. The fourth-order valence-corrected chi connectivity index (χ4v) is 1.34.